The van der Waals surface area contributed by atoms with Crippen LogP contribution in [-0.4, -0.2) is 12.1 Å². The van der Waals surface area contributed by atoms with Gasteiger partial charge in [0.2, 0.25) is 0 Å². The van der Waals surface area contributed by atoms with Crippen LogP contribution in [-0.2, 0) is 0 Å². The van der Waals surface area contributed by atoms with Gasteiger partial charge in [-0.1, -0.05) is 0 Å². The summed E-state index contributed by atoms with van der Waals surface area (Å²) in [6.45, 7) is 0. The number of hydrogen-bond acceptors (Lipinski definition) is 4. The number of aliphatic imine (C=N–C) groups is 1. The zero-order valence-corrected chi connectivity index (χ0v) is 7.14. The second kappa shape index (κ2) is 2.45. The van der Waals surface area contributed by atoms with Gasteiger partial charge in [-0.05, 0) is 12.1 Å². The molecule has 0 bridgehead atoms. The average Bonchev–Trinajstić information content (AvgIpc) is 2.62. The van der Waals surface area contributed by atoms with E-state index >= 15 is 0 Å². The van der Waals surface area contributed by atoms with Gasteiger partial charge in [0.05, 0.1) is 16.4 Å². The van der Waals surface area contributed by atoms with Crippen LogP contribution in [0.4, 0.5) is 5.69 Å². The van der Waals surface area contributed by atoms with Crippen LogP contribution in [0.5, 0.6) is 0 Å². The second-order valence-corrected chi connectivity index (χ2v) is 3.04. The van der Waals surface area contributed by atoms with Crippen molar-refractivity contribution in [3.8, 4) is 0 Å². The molecule has 0 N–H and O–H groups in total. The number of nitrogens with zero attached hydrogens (tertiary/aromatic N) is 3. The van der Waals surface area contributed by atoms with E-state index in [9.17, 15) is 4.79 Å². The lowest BCUT2D eigenvalue weighted by Gasteiger charge is -2.01. The number of fused-ring (bicyclic) bond motifs is 2. The Kier molecular flexibility index (Phi) is 1.28. The van der Waals surface area contributed by atoms with Crippen molar-refractivity contribution < 1.29 is 4.79 Å². The van der Waals surface area contributed by atoms with Crippen LogP contribution in [0.15, 0.2) is 39.4 Å². The van der Waals surface area contributed by atoms with E-state index in [1.54, 1.807) is 12.1 Å². The van der Waals surface area contributed by atoms with Crippen LogP contribution < -0.4 is 10.7 Å². The molecule has 14 heavy (non-hydrogen) atoms. The van der Waals surface area contributed by atoms with Gasteiger partial charge in [0.1, 0.15) is 6.34 Å². The van der Waals surface area contributed by atoms with E-state index in [0.29, 0.717) is 10.9 Å². The van der Waals surface area contributed by atoms with E-state index in [1.165, 1.54) is 18.6 Å². The van der Waals surface area contributed by atoms with Crippen molar-refractivity contribution in [1.82, 2.24) is 0 Å². The third-order valence-electron chi connectivity index (χ3n) is 2.19. The Morgan fingerprint density at radius 1 is 1.07 bits per heavy atom. The standard InChI is InChI=1S/C10H5N3O/c14-10-1-2-11-7-4-9-8(3-6(7)10)12-5-13-9/h1-5H. The molecule has 0 amide bonds. The summed E-state index contributed by atoms with van der Waals surface area (Å²) in [5, 5.41) is 1.41. The van der Waals surface area contributed by atoms with E-state index < -0.39 is 0 Å². The highest BCUT2D eigenvalue weighted by Gasteiger charge is 2.11. The van der Waals surface area contributed by atoms with Gasteiger partial charge in [0.15, 0.2) is 5.78 Å². The molecule has 0 atom stereocenters. The Morgan fingerprint density at radius 3 is 2.93 bits per heavy atom. The van der Waals surface area contributed by atoms with Crippen LogP contribution in [0, 0.1) is 0 Å². The Bertz CT molecular complexity index is 611. The predicted octanol–water partition coefficient (Wildman–Crippen LogP) is 0.309. The molecule has 66 valence electrons. The van der Waals surface area contributed by atoms with Crippen LogP contribution >= 0.6 is 0 Å². The number of hydrogen-bond donors (Lipinski definition) is 0. The second-order valence-electron chi connectivity index (χ2n) is 3.04. The highest BCUT2D eigenvalue weighted by molar-refractivity contribution is 6.05. The largest absolute Gasteiger partial charge is 0.289 e. The number of benzene rings is 1. The van der Waals surface area contributed by atoms with E-state index in [2.05, 4.69) is 15.0 Å². The van der Waals surface area contributed by atoms with Gasteiger partial charge in [-0.2, -0.15) is 0 Å². The van der Waals surface area contributed by atoms with Gasteiger partial charge in [0.25, 0.3) is 0 Å². The molecule has 2 aliphatic heterocycles. The summed E-state index contributed by atoms with van der Waals surface area (Å²) in [5.74, 6) is -0.0279. The molecule has 1 aromatic rings. The minimum Gasteiger partial charge on any atom is -0.289 e. The van der Waals surface area contributed by atoms with E-state index in [4.69, 9.17) is 0 Å². The smallest absolute Gasteiger partial charge is 0.189 e. The molecule has 4 heteroatoms. The van der Waals surface area contributed by atoms with E-state index in [0.717, 1.165) is 11.0 Å². The average molecular weight is 183 g/mol. The van der Waals surface area contributed by atoms with Gasteiger partial charge in [-0.15, -0.1) is 0 Å². The molecular weight excluding hydrogens is 178 g/mol. The molecule has 0 saturated heterocycles. The summed E-state index contributed by atoms with van der Waals surface area (Å²) in [4.78, 5) is 23.6. The first kappa shape index (κ1) is 7.32. The third-order valence-corrected chi connectivity index (χ3v) is 2.19. The fraction of sp³-hybridized carbons (Fsp3) is 0. The minimum absolute atomic E-state index is 0.0279. The van der Waals surface area contributed by atoms with Crippen LogP contribution in [0.2, 0.25) is 0 Å². The lowest BCUT2D eigenvalue weighted by molar-refractivity contribution is 0.104. The maximum atomic E-state index is 11.5. The normalized spacial score (nSPS) is 15.9. The zero-order valence-electron chi connectivity index (χ0n) is 7.14. The predicted molar refractivity (Wildman–Crippen MR) is 50.4 cm³/mol. The van der Waals surface area contributed by atoms with Crippen molar-refractivity contribution in [1.29, 1.82) is 0 Å². The van der Waals surface area contributed by atoms with Crippen molar-refractivity contribution in [2.75, 3.05) is 0 Å². The first-order chi connectivity index (χ1) is 6.84. The van der Waals surface area contributed by atoms with Gasteiger partial charge in [0, 0.05) is 17.8 Å². The molecular formula is C10H5N3O. The van der Waals surface area contributed by atoms with E-state index in [1.807, 2.05) is 0 Å². The molecule has 4 nitrogen and oxygen atoms in total. The Hall–Kier alpha value is -2.10. The lowest BCUT2D eigenvalue weighted by atomic mass is 10.1. The van der Waals surface area contributed by atoms with Crippen molar-refractivity contribution in [2.24, 2.45) is 15.0 Å². The van der Waals surface area contributed by atoms with Crippen molar-refractivity contribution in [3.05, 3.63) is 40.7 Å². The Balaban J connectivity index is 2.45. The lowest BCUT2D eigenvalue weighted by Crippen LogP contribution is -2.20. The summed E-state index contributed by atoms with van der Waals surface area (Å²) in [6.07, 6.45) is 4.44. The van der Waals surface area contributed by atoms with Crippen LogP contribution in [0.3, 0.4) is 0 Å². The summed E-state index contributed by atoms with van der Waals surface area (Å²) >= 11 is 0. The number of carbonyl (C=O) groups is 1. The minimum atomic E-state index is -0.0279. The summed E-state index contributed by atoms with van der Waals surface area (Å²) < 4.78 is 0. The number of rotatable bonds is 0. The highest BCUT2D eigenvalue weighted by Crippen LogP contribution is 2.07. The molecule has 0 unspecified atom stereocenters. The fourth-order valence-electron chi connectivity index (χ4n) is 1.51. The summed E-state index contributed by atoms with van der Waals surface area (Å²) in [5.41, 5.74) is 1.37. The van der Waals surface area contributed by atoms with Gasteiger partial charge < -0.3 is 0 Å². The molecule has 0 aliphatic carbocycles. The number of carbonyl (C=O) groups excluding carboxylic acids is 1. The summed E-state index contributed by atoms with van der Waals surface area (Å²) in [6, 6.07) is 3.51. The topological polar surface area (TPSA) is 54.1 Å². The van der Waals surface area contributed by atoms with Crippen LogP contribution in [0.1, 0.15) is 10.4 Å². The van der Waals surface area contributed by atoms with E-state index in [-0.39, 0.29) is 5.78 Å². The first-order valence-corrected chi connectivity index (χ1v) is 4.18. The van der Waals surface area contributed by atoms with Crippen molar-refractivity contribution in [2.45, 2.75) is 0 Å². The highest BCUT2D eigenvalue weighted by atomic mass is 16.1. The fourth-order valence-corrected chi connectivity index (χ4v) is 1.51. The Morgan fingerprint density at radius 2 is 2.00 bits per heavy atom. The van der Waals surface area contributed by atoms with Crippen molar-refractivity contribution >= 4 is 17.8 Å². The van der Waals surface area contributed by atoms with Gasteiger partial charge >= 0.3 is 0 Å². The Labute approximate surface area is 79.0 Å². The van der Waals surface area contributed by atoms with Gasteiger partial charge in [-0.25, -0.2) is 9.98 Å². The molecule has 0 spiro atoms. The first-order valence-electron chi connectivity index (χ1n) is 4.18. The maximum absolute atomic E-state index is 11.5. The quantitative estimate of drug-likeness (QED) is 0.571. The monoisotopic (exact) mass is 183 g/mol. The molecule has 2 aliphatic rings. The molecule has 0 saturated carbocycles. The molecule has 0 aromatic heterocycles. The van der Waals surface area contributed by atoms with Crippen LogP contribution in [0.25, 0.3) is 0 Å². The maximum Gasteiger partial charge on any atom is 0.189 e. The number of allylic oxidation sites excluding steroid dienone is 1. The molecule has 1 aromatic carbocycles. The molecule has 2 heterocycles. The molecule has 0 radical (unpaired) electrons. The zero-order chi connectivity index (χ0) is 9.54. The third kappa shape index (κ3) is 0.877. The van der Waals surface area contributed by atoms with Gasteiger partial charge in [-0.3, -0.25) is 9.79 Å². The summed E-state index contributed by atoms with van der Waals surface area (Å²) in [7, 11) is 0. The SMILES string of the molecule is O=C1C=CN=c2cc3c(cc21)=NC=N3. The van der Waals surface area contributed by atoms with Crippen molar-refractivity contribution in [3.63, 3.8) is 0 Å². The molecule has 3 rings (SSSR count). The number of ketones is 1. The molecule has 0 fully saturated rings.